The number of piperazine rings is 1. The number of benzene rings is 1. The maximum atomic E-state index is 4.33. The van der Waals surface area contributed by atoms with Crippen LogP contribution in [0.15, 0.2) is 41.4 Å². The second-order valence-corrected chi connectivity index (χ2v) is 7.24. The molecule has 5 nitrogen and oxygen atoms in total. The van der Waals surface area contributed by atoms with E-state index in [-0.39, 0.29) is 24.0 Å². The Morgan fingerprint density at radius 2 is 1.59 bits per heavy atom. The van der Waals surface area contributed by atoms with Gasteiger partial charge in [0.2, 0.25) is 0 Å². The van der Waals surface area contributed by atoms with Crippen molar-refractivity contribution in [3.63, 3.8) is 0 Å². The van der Waals surface area contributed by atoms with Gasteiger partial charge in [0.25, 0.3) is 0 Å². The molecule has 0 amide bonds. The smallest absolute Gasteiger partial charge is 0.191 e. The fourth-order valence-corrected chi connectivity index (χ4v) is 3.59. The molecule has 0 spiro atoms. The normalized spacial score (nSPS) is 19.1. The molecule has 0 bridgehead atoms. The number of nitrogens with zero attached hydrogens (tertiary/aromatic N) is 3. The van der Waals surface area contributed by atoms with E-state index in [0.29, 0.717) is 6.04 Å². The summed E-state index contributed by atoms with van der Waals surface area (Å²) in [7, 11) is 1.83. The maximum Gasteiger partial charge on any atom is 0.191 e. The van der Waals surface area contributed by atoms with E-state index in [1.807, 2.05) is 7.05 Å². The molecule has 1 aliphatic carbocycles. The quantitative estimate of drug-likeness (QED) is 0.283. The van der Waals surface area contributed by atoms with Crippen molar-refractivity contribution in [3.05, 3.63) is 47.5 Å². The Morgan fingerprint density at radius 1 is 1.00 bits per heavy atom. The molecule has 150 valence electrons. The molecule has 1 aromatic rings. The number of rotatable bonds is 6. The van der Waals surface area contributed by atoms with Crippen molar-refractivity contribution in [1.82, 2.24) is 20.4 Å². The molecule has 0 atom stereocenters. The first-order chi connectivity index (χ1) is 12.8. The van der Waals surface area contributed by atoms with Gasteiger partial charge >= 0.3 is 0 Å². The van der Waals surface area contributed by atoms with Gasteiger partial charge < -0.3 is 15.5 Å². The monoisotopic (exact) mass is 483 g/mol. The van der Waals surface area contributed by atoms with E-state index in [9.17, 15) is 0 Å². The molecular formula is C21H34IN5. The Morgan fingerprint density at radius 3 is 2.19 bits per heavy atom. The van der Waals surface area contributed by atoms with E-state index < -0.39 is 0 Å². The molecule has 6 heteroatoms. The first-order valence-corrected chi connectivity index (χ1v) is 9.91. The van der Waals surface area contributed by atoms with Crippen LogP contribution < -0.4 is 10.6 Å². The third-order valence-electron chi connectivity index (χ3n) is 5.37. The molecule has 0 aromatic heterocycles. The molecule has 2 N–H and O–H groups in total. The highest BCUT2D eigenvalue weighted by atomic mass is 127. The van der Waals surface area contributed by atoms with Crippen LogP contribution in [0.3, 0.4) is 0 Å². The lowest BCUT2D eigenvalue weighted by molar-refractivity contribution is 0.132. The van der Waals surface area contributed by atoms with Crippen LogP contribution in [0.4, 0.5) is 0 Å². The Bertz CT molecular complexity index is 598. The van der Waals surface area contributed by atoms with Gasteiger partial charge in [-0.05, 0) is 30.5 Å². The van der Waals surface area contributed by atoms with Crippen LogP contribution in [0.5, 0.6) is 0 Å². The molecule has 0 radical (unpaired) electrons. The van der Waals surface area contributed by atoms with Crippen molar-refractivity contribution >= 4 is 29.9 Å². The Labute approximate surface area is 181 Å². The summed E-state index contributed by atoms with van der Waals surface area (Å²) in [5, 5.41) is 6.90. The summed E-state index contributed by atoms with van der Waals surface area (Å²) >= 11 is 0. The van der Waals surface area contributed by atoms with Gasteiger partial charge in [0.05, 0.1) is 0 Å². The first kappa shape index (κ1) is 22.2. The SMILES string of the molecule is CCN1CCN(Cc2ccc(CNC(=NC)NC3CC=CC3)cc2)CC1.I. The molecule has 1 fully saturated rings. The van der Waals surface area contributed by atoms with Crippen molar-refractivity contribution in [2.75, 3.05) is 39.8 Å². The molecule has 1 aromatic carbocycles. The predicted molar refractivity (Wildman–Crippen MR) is 125 cm³/mol. The van der Waals surface area contributed by atoms with Crippen molar-refractivity contribution < 1.29 is 0 Å². The fraction of sp³-hybridized carbons (Fsp3) is 0.571. The Hall–Kier alpha value is -1.12. The third kappa shape index (κ3) is 7.08. The van der Waals surface area contributed by atoms with Gasteiger partial charge in [-0.2, -0.15) is 0 Å². The van der Waals surface area contributed by atoms with Gasteiger partial charge in [-0.15, -0.1) is 24.0 Å². The molecule has 27 heavy (non-hydrogen) atoms. The zero-order valence-electron chi connectivity index (χ0n) is 16.7. The lowest BCUT2D eigenvalue weighted by atomic mass is 10.1. The highest BCUT2D eigenvalue weighted by Crippen LogP contribution is 2.11. The predicted octanol–water partition coefficient (Wildman–Crippen LogP) is 2.83. The minimum absolute atomic E-state index is 0. The van der Waals surface area contributed by atoms with Gasteiger partial charge in [-0.1, -0.05) is 43.3 Å². The molecule has 1 aliphatic heterocycles. The average Bonchev–Trinajstić information content (AvgIpc) is 3.20. The highest BCUT2D eigenvalue weighted by molar-refractivity contribution is 14.0. The van der Waals surface area contributed by atoms with E-state index in [2.05, 4.69) is 68.8 Å². The number of hydrogen-bond donors (Lipinski definition) is 2. The summed E-state index contributed by atoms with van der Waals surface area (Å²) in [6.07, 6.45) is 6.63. The maximum absolute atomic E-state index is 4.33. The number of guanidine groups is 1. The first-order valence-electron chi connectivity index (χ1n) is 9.91. The summed E-state index contributed by atoms with van der Waals surface area (Å²) in [5.41, 5.74) is 2.69. The van der Waals surface area contributed by atoms with Gasteiger partial charge in [-0.25, -0.2) is 0 Å². The van der Waals surface area contributed by atoms with Gasteiger partial charge in [0.15, 0.2) is 5.96 Å². The largest absolute Gasteiger partial charge is 0.353 e. The number of likely N-dealkylation sites (N-methyl/N-ethyl adjacent to an activating group) is 1. The van der Waals surface area contributed by atoms with E-state index >= 15 is 0 Å². The molecule has 2 aliphatic rings. The summed E-state index contributed by atoms with van der Waals surface area (Å²) in [6, 6.07) is 9.47. The van der Waals surface area contributed by atoms with Gasteiger partial charge in [-0.3, -0.25) is 9.89 Å². The molecule has 3 rings (SSSR count). The standard InChI is InChI=1S/C21H33N5.HI/c1-3-25-12-14-26(15-13-25)17-19-10-8-18(9-11-19)16-23-21(22-2)24-20-6-4-5-7-20;/h4-5,8-11,20H,3,6-7,12-17H2,1-2H3,(H2,22,23,24);1H. The summed E-state index contributed by atoms with van der Waals surface area (Å²) in [5.74, 6) is 0.886. The third-order valence-corrected chi connectivity index (χ3v) is 5.37. The topological polar surface area (TPSA) is 42.9 Å². The summed E-state index contributed by atoms with van der Waals surface area (Å²) in [4.78, 5) is 9.41. The summed E-state index contributed by atoms with van der Waals surface area (Å²) in [6.45, 7) is 10.0. The molecule has 0 unspecified atom stereocenters. The van der Waals surface area contributed by atoms with Crippen molar-refractivity contribution in [2.45, 2.75) is 38.9 Å². The Kier molecular flexibility index (Phi) is 9.58. The summed E-state index contributed by atoms with van der Waals surface area (Å²) < 4.78 is 0. The Balaban J connectivity index is 0.00000261. The van der Waals surface area contributed by atoms with Crippen molar-refractivity contribution in [3.8, 4) is 0 Å². The minimum atomic E-state index is 0. The average molecular weight is 483 g/mol. The van der Waals surface area contributed by atoms with Crippen LogP contribution in [0.1, 0.15) is 30.9 Å². The number of aliphatic imine (C=N–C) groups is 1. The van der Waals surface area contributed by atoms with E-state index in [4.69, 9.17) is 0 Å². The van der Waals surface area contributed by atoms with Gasteiger partial charge in [0.1, 0.15) is 0 Å². The highest BCUT2D eigenvalue weighted by Gasteiger charge is 2.15. The van der Waals surface area contributed by atoms with E-state index in [0.717, 1.165) is 31.9 Å². The number of nitrogens with one attached hydrogen (secondary N) is 2. The van der Waals surface area contributed by atoms with E-state index in [1.165, 1.54) is 43.9 Å². The minimum Gasteiger partial charge on any atom is -0.353 e. The molecular weight excluding hydrogens is 449 g/mol. The second-order valence-electron chi connectivity index (χ2n) is 7.24. The van der Waals surface area contributed by atoms with Crippen LogP contribution >= 0.6 is 24.0 Å². The molecule has 1 saturated heterocycles. The molecule has 1 heterocycles. The number of halogens is 1. The fourth-order valence-electron chi connectivity index (χ4n) is 3.59. The number of hydrogen-bond acceptors (Lipinski definition) is 3. The van der Waals surface area contributed by atoms with Crippen LogP contribution in [0.2, 0.25) is 0 Å². The molecule has 0 saturated carbocycles. The zero-order valence-corrected chi connectivity index (χ0v) is 19.0. The second kappa shape index (κ2) is 11.7. The lowest BCUT2D eigenvalue weighted by Crippen LogP contribution is -2.45. The van der Waals surface area contributed by atoms with Gasteiger partial charge in [0, 0.05) is 52.4 Å². The lowest BCUT2D eigenvalue weighted by Gasteiger charge is -2.34. The van der Waals surface area contributed by atoms with Crippen LogP contribution in [-0.2, 0) is 13.1 Å². The van der Waals surface area contributed by atoms with Crippen molar-refractivity contribution in [1.29, 1.82) is 0 Å². The van der Waals surface area contributed by atoms with Crippen molar-refractivity contribution in [2.24, 2.45) is 4.99 Å². The van der Waals surface area contributed by atoms with E-state index in [1.54, 1.807) is 0 Å². The van der Waals surface area contributed by atoms with Crippen LogP contribution in [0.25, 0.3) is 0 Å². The van der Waals surface area contributed by atoms with Crippen LogP contribution in [0, 0.1) is 0 Å². The van der Waals surface area contributed by atoms with Crippen LogP contribution in [-0.4, -0.2) is 61.6 Å². The zero-order chi connectivity index (χ0) is 18.2.